The maximum atomic E-state index is 12.7. The highest BCUT2D eigenvalue weighted by Gasteiger charge is 2.32. The molecule has 10 heteroatoms. The summed E-state index contributed by atoms with van der Waals surface area (Å²) in [6, 6.07) is 0. The van der Waals surface area contributed by atoms with E-state index in [0.717, 1.165) is 29.9 Å². The third-order valence-corrected chi connectivity index (χ3v) is 4.94. The number of aliphatic imine (C=N–C) groups is 1. The first-order valence-corrected chi connectivity index (χ1v) is 12.7. The molecule has 1 atom stereocenters. The van der Waals surface area contributed by atoms with E-state index in [0.29, 0.717) is 17.7 Å². The van der Waals surface area contributed by atoms with Crippen LogP contribution >= 0.6 is 0 Å². The van der Waals surface area contributed by atoms with Crippen LogP contribution in [0.2, 0.25) is 0 Å². The third-order valence-electron chi connectivity index (χ3n) is 4.94. The first-order chi connectivity index (χ1) is 17.6. The molecule has 0 spiro atoms. The number of hydrogen-bond donors (Lipinski definition) is 0. The first-order valence-electron chi connectivity index (χ1n) is 12.7. The Morgan fingerprint density at radius 3 is 2.08 bits per heavy atom. The lowest BCUT2D eigenvalue weighted by Gasteiger charge is -2.29. The van der Waals surface area contributed by atoms with E-state index < -0.39 is 23.4 Å². The summed E-state index contributed by atoms with van der Waals surface area (Å²) in [5, 5.41) is 0. The molecule has 0 bridgehead atoms. The van der Waals surface area contributed by atoms with E-state index in [1.54, 1.807) is 74.4 Å². The van der Waals surface area contributed by atoms with Gasteiger partial charge >= 0.3 is 12.2 Å². The summed E-state index contributed by atoms with van der Waals surface area (Å²) >= 11 is 0. The molecule has 0 aliphatic carbocycles. The predicted molar refractivity (Wildman–Crippen MR) is 148 cm³/mol. The fourth-order valence-electron chi connectivity index (χ4n) is 3.22. The van der Waals surface area contributed by atoms with Crippen molar-refractivity contribution in [2.45, 2.75) is 85.9 Å². The number of aldehydes is 1. The second-order valence-corrected chi connectivity index (χ2v) is 11.3. The molecule has 0 unspecified atom stereocenters. The highest BCUT2D eigenvalue weighted by molar-refractivity contribution is 6.06. The number of imide groups is 1. The number of allylic oxidation sites excluding steroid dienone is 3. The number of carbonyl (C=O) groups excluding carboxylic acids is 3. The summed E-state index contributed by atoms with van der Waals surface area (Å²) in [6.45, 7) is 14.4. The van der Waals surface area contributed by atoms with E-state index in [1.165, 1.54) is 5.57 Å². The molecule has 2 amide bonds. The third kappa shape index (κ3) is 11.9. The molecular formula is C28H44N4O6. The minimum Gasteiger partial charge on any atom is -0.443 e. The van der Waals surface area contributed by atoms with Gasteiger partial charge in [0.1, 0.15) is 23.4 Å². The lowest BCUT2D eigenvalue weighted by molar-refractivity contribution is -0.103. The van der Waals surface area contributed by atoms with E-state index in [4.69, 9.17) is 9.47 Å². The molecular weight excluding hydrogens is 488 g/mol. The smallest absolute Gasteiger partial charge is 0.419 e. The van der Waals surface area contributed by atoms with Crippen LogP contribution in [-0.4, -0.2) is 70.7 Å². The molecule has 1 aliphatic heterocycles. The van der Waals surface area contributed by atoms with Gasteiger partial charge in [0.15, 0.2) is 6.29 Å². The maximum absolute atomic E-state index is 12.7. The number of carbonyl (C=O) groups is 3. The standard InChI is InChI=1S/C26H38N4O5.C2H6O/c1-18-10-12-22(27-13-18)29-15-21(28-17-29)20(16-31)11-9-19(2)14-30(23(32)34-25(3,4)5)24(33)35-26(6,7)8;1-3-2/h11,13,15-17,19H,9-10,12,14H2,1-8H3;1-2H3/b20-11+;/t19-;/m1./s1. The maximum Gasteiger partial charge on any atom is 0.419 e. The summed E-state index contributed by atoms with van der Waals surface area (Å²) in [6.07, 6.45) is 8.44. The first kappa shape index (κ1) is 32.8. The van der Waals surface area contributed by atoms with Gasteiger partial charge in [-0.3, -0.25) is 9.36 Å². The number of amides is 2. The van der Waals surface area contributed by atoms with Crippen molar-refractivity contribution in [3.05, 3.63) is 36.1 Å². The molecule has 2 heterocycles. The number of methoxy groups -OCH3 is 1. The Hall–Kier alpha value is -3.27. The zero-order chi connectivity index (χ0) is 29.1. The molecule has 1 aliphatic rings. The van der Waals surface area contributed by atoms with Gasteiger partial charge in [-0.25, -0.2) is 24.5 Å². The van der Waals surface area contributed by atoms with Crippen LogP contribution in [0.25, 0.3) is 5.57 Å². The summed E-state index contributed by atoms with van der Waals surface area (Å²) in [5.41, 5.74) is 0.669. The van der Waals surface area contributed by atoms with Gasteiger partial charge in [-0.1, -0.05) is 18.6 Å². The summed E-state index contributed by atoms with van der Waals surface area (Å²) < 4.78 is 16.9. The molecule has 1 aromatic rings. The van der Waals surface area contributed by atoms with Crippen molar-refractivity contribution < 1.29 is 28.6 Å². The highest BCUT2D eigenvalue weighted by Crippen LogP contribution is 2.20. The van der Waals surface area contributed by atoms with Crippen molar-refractivity contribution in [2.24, 2.45) is 10.9 Å². The Bertz CT molecular complexity index is 1010. The van der Waals surface area contributed by atoms with Crippen molar-refractivity contribution in [1.29, 1.82) is 0 Å². The molecule has 38 heavy (non-hydrogen) atoms. The van der Waals surface area contributed by atoms with Crippen LogP contribution in [0.4, 0.5) is 9.59 Å². The number of hydrogen-bond acceptors (Lipinski definition) is 8. The molecule has 0 saturated heterocycles. The molecule has 10 nitrogen and oxygen atoms in total. The normalized spacial score (nSPS) is 14.8. The van der Waals surface area contributed by atoms with Crippen LogP contribution < -0.4 is 0 Å². The van der Waals surface area contributed by atoms with Gasteiger partial charge in [-0.05, 0) is 67.2 Å². The van der Waals surface area contributed by atoms with Gasteiger partial charge in [0.2, 0.25) is 0 Å². The minimum atomic E-state index is -0.769. The fraction of sp³-hybridized carbons (Fsp3) is 0.607. The summed E-state index contributed by atoms with van der Waals surface area (Å²) in [4.78, 5) is 47.0. The minimum absolute atomic E-state index is 0.0728. The van der Waals surface area contributed by atoms with E-state index in [1.807, 2.05) is 24.6 Å². The lowest BCUT2D eigenvalue weighted by atomic mass is 10.0. The average molecular weight is 533 g/mol. The SMILES string of the molecule is CC1=CN=C(n2cnc(/C(C=O)=C/C[C@@H](C)CN(C(=O)OC(C)(C)C)C(=O)OC(C)(C)C)c2)CC1.COC. The van der Waals surface area contributed by atoms with Crippen molar-refractivity contribution in [1.82, 2.24) is 14.5 Å². The number of rotatable bonds is 6. The molecule has 212 valence electrons. The van der Waals surface area contributed by atoms with Gasteiger partial charge < -0.3 is 14.2 Å². The van der Waals surface area contributed by atoms with Crippen molar-refractivity contribution >= 4 is 29.9 Å². The quantitative estimate of drug-likeness (QED) is 0.333. The summed E-state index contributed by atoms with van der Waals surface area (Å²) in [5.74, 6) is 0.709. The van der Waals surface area contributed by atoms with Crippen LogP contribution in [0.1, 0.15) is 80.3 Å². The number of nitrogens with zero attached hydrogens (tertiary/aromatic N) is 4. The van der Waals surface area contributed by atoms with Gasteiger partial charge in [-0.15, -0.1) is 0 Å². The Labute approximate surface area is 226 Å². The Kier molecular flexibility index (Phi) is 12.6. The van der Waals surface area contributed by atoms with E-state index in [-0.39, 0.29) is 12.5 Å². The molecule has 0 fully saturated rings. The van der Waals surface area contributed by atoms with E-state index >= 15 is 0 Å². The van der Waals surface area contributed by atoms with Gasteiger partial charge in [0.05, 0.1) is 5.69 Å². The molecule has 0 radical (unpaired) electrons. The summed E-state index contributed by atoms with van der Waals surface area (Å²) in [7, 11) is 3.25. The highest BCUT2D eigenvalue weighted by atomic mass is 16.6. The predicted octanol–water partition coefficient (Wildman–Crippen LogP) is 5.87. The molecule has 1 aromatic heterocycles. The van der Waals surface area contributed by atoms with Crippen molar-refractivity contribution in [2.75, 3.05) is 20.8 Å². The van der Waals surface area contributed by atoms with E-state index in [9.17, 15) is 14.4 Å². The van der Waals surface area contributed by atoms with Crippen molar-refractivity contribution in [3.8, 4) is 0 Å². The monoisotopic (exact) mass is 532 g/mol. The van der Waals surface area contributed by atoms with Crippen LogP contribution in [0.5, 0.6) is 0 Å². The zero-order valence-corrected chi connectivity index (χ0v) is 24.5. The Morgan fingerprint density at radius 2 is 1.63 bits per heavy atom. The molecule has 0 aromatic carbocycles. The van der Waals surface area contributed by atoms with Gasteiger partial charge in [-0.2, -0.15) is 0 Å². The molecule has 0 saturated carbocycles. The topological polar surface area (TPSA) is 112 Å². The van der Waals surface area contributed by atoms with Crippen LogP contribution in [0.3, 0.4) is 0 Å². The number of aromatic nitrogens is 2. The largest absolute Gasteiger partial charge is 0.443 e. The fourth-order valence-corrected chi connectivity index (χ4v) is 3.22. The Morgan fingerprint density at radius 1 is 1.08 bits per heavy atom. The zero-order valence-electron chi connectivity index (χ0n) is 24.5. The average Bonchev–Trinajstić information content (AvgIpc) is 3.26. The number of imidazole rings is 1. The molecule has 2 rings (SSSR count). The van der Waals surface area contributed by atoms with Crippen LogP contribution in [0.15, 0.2) is 35.4 Å². The van der Waals surface area contributed by atoms with Gasteiger partial charge in [0, 0.05) is 45.2 Å². The van der Waals surface area contributed by atoms with Gasteiger partial charge in [0.25, 0.3) is 0 Å². The number of ether oxygens (including phenoxy) is 3. The van der Waals surface area contributed by atoms with Crippen LogP contribution in [-0.2, 0) is 19.0 Å². The Balaban J connectivity index is 0.00000229. The lowest BCUT2D eigenvalue weighted by Crippen LogP contribution is -2.45. The second kappa shape index (κ2) is 14.6. The second-order valence-electron chi connectivity index (χ2n) is 11.3. The molecule has 0 N–H and O–H groups in total. The van der Waals surface area contributed by atoms with Crippen LogP contribution in [0, 0.1) is 5.92 Å². The van der Waals surface area contributed by atoms with E-state index in [2.05, 4.69) is 14.7 Å². The van der Waals surface area contributed by atoms with Crippen molar-refractivity contribution in [3.63, 3.8) is 0 Å².